The van der Waals surface area contributed by atoms with Gasteiger partial charge in [0, 0.05) is 42.3 Å². The summed E-state index contributed by atoms with van der Waals surface area (Å²) < 4.78 is 63.8. The first-order valence-electron chi connectivity index (χ1n) is 12.9. The van der Waals surface area contributed by atoms with Crippen LogP contribution in [0.25, 0.3) is 33.3 Å². The number of carbonyl (C=O) groups is 1. The maximum Gasteiger partial charge on any atom is 0.410 e. The van der Waals surface area contributed by atoms with E-state index in [1.165, 1.54) is 18.3 Å². The summed E-state index contributed by atoms with van der Waals surface area (Å²) in [6.45, 7) is 6.33. The zero-order valence-corrected chi connectivity index (χ0v) is 22.3. The second-order valence-corrected chi connectivity index (χ2v) is 10.7. The zero-order valence-electron chi connectivity index (χ0n) is 22.3. The Morgan fingerprint density at radius 2 is 1.65 bits per heavy atom. The highest BCUT2D eigenvalue weighted by Gasteiger charge is 2.27. The Bertz CT molecular complexity index is 1560. The van der Waals surface area contributed by atoms with Gasteiger partial charge in [0.15, 0.2) is 0 Å². The van der Waals surface area contributed by atoms with Crippen molar-refractivity contribution < 1.29 is 27.1 Å². The third kappa shape index (κ3) is 5.71. The lowest BCUT2D eigenvalue weighted by Crippen LogP contribution is -2.44. The maximum absolute atomic E-state index is 15.0. The molecule has 40 heavy (non-hydrogen) atoms. The van der Waals surface area contributed by atoms with Gasteiger partial charge < -0.3 is 15.0 Å². The van der Waals surface area contributed by atoms with Crippen LogP contribution in [0.15, 0.2) is 54.7 Å². The molecule has 0 saturated carbocycles. The predicted octanol–water partition coefficient (Wildman–Crippen LogP) is 7.33. The lowest BCUT2D eigenvalue weighted by atomic mass is 9.98. The quantitative estimate of drug-likeness (QED) is 0.269. The van der Waals surface area contributed by atoms with Crippen LogP contribution in [0.5, 0.6) is 0 Å². The van der Waals surface area contributed by atoms with E-state index in [1.54, 1.807) is 17.0 Å². The number of anilines is 1. The van der Waals surface area contributed by atoms with E-state index in [1.807, 2.05) is 20.8 Å². The molecule has 2 aromatic carbocycles. The monoisotopic (exact) mass is 552 g/mol. The number of hydrogen-bond donors (Lipinski definition) is 1. The number of carbonyl (C=O) groups excluding carboxylic acids is 1. The normalized spacial score (nSPS) is 14.4. The molecule has 1 fully saturated rings. The minimum atomic E-state index is -0.816. The second kappa shape index (κ2) is 10.7. The number of likely N-dealkylation sites (tertiary alicyclic amines) is 1. The molecule has 0 aliphatic carbocycles. The number of hydrogen-bond acceptors (Lipinski definition) is 5. The molecule has 208 valence electrons. The number of benzene rings is 2. The number of pyridine rings is 2. The number of amides is 1. The third-order valence-corrected chi connectivity index (χ3v) is 6.65. The molecular weight excluding hydrogens is 524 g/mol. The fourth-order valence-electron chi connectivity index (χ4n) is 4.81. The van der Waals surface area contributed by atoms with Crippen LogP contribution < -0.4 is 5.32 Å². The minimum Gasteiger partial charge on any atom is -0.444 e. The molecule has 0 unspecified atom stereocenters. The first-order chi connectivity index (χ1) is 19.0. The van der Waals surface area contributed by atoms with Gasteiger partial charge in [0.25, 0.3) is 0 Å². The first kappa shape index (κ1) is 27.4. The summed E-state index contributed by atoms with van der Waals surface area (Å²) in [5.41, 5.74) is -0.383. The Kier molecular flexibility index (Phi) is 7.35. The molecule has 0 atom stereocenters. The number of aromatic nitrogens is 2. The van der Waals surface area contributed by atoms with Gasteiger partial charge in [-0.25, -0.2) is 27.3 Å². The fraction of sp³-hybridized carbons (Fsp3) is 0.300. The molecule has 1 aliphatic rings. The second-order valence-electron chi connectivity index (χ2n) is 10.7. The van der Waals surface area contributed by atoms with Crippen LogP contribution in [0.2, 0.25) is 0 Å². The Balaban J connectivity index is 1.54. The molecule has 10 heteroatoms. The summed E-state index contributed by atoms with van der Waals surface area (Å²) >= 11 is 0. The molecule has 3 heterocycles. The van der Waals surface area contributed by atoms with Crippen LogP contribution in [-0.2, 0) is 4.74 Å². The van der Waals surface area contributed by atoms with Crippen molar-refractivity contribution in [1.29, 1.82) is 0 Å². The van der Waals surface area contributed by atoms with Crippen LogP contribution in [0, 0.1) is 23.3 Å². The molecule has 1 amide bonds. The van der Waals surface area contributed by atoms with Gasteiger partial charge in [-0.15, -0.1) is 0 Å². The molecular formula is C30H28F4N4O2. The number of nitrogens with one attached hydrogen (secondary N) is 1. The summed E-state index contributed by atoms with van der Waals surface area (Å²) in [4.78, 5) is 23.0. The average Bonchev–Trinajstić information content (AvgIpc) is 2.88. The highest BCUT2D eigenvalue weighted by molar-refractivity contribution is 6.02. The highest BCUT2D eigenvalue weighted by Crippen LogP contribution is 2.37. The van der Waals surface area contributed by atoms with E-state index in [4.69, 9.17) is 4.74 Å². The van der Waals surface area contributed by atoms with Crippen molar-refractivity contribution in [3.63, 3.8) is 0 Å². The molecule has 1 N–H and O–H groups in total. The van der Waals surface area contributed by atoms with Crippen LogP contribution in [0.4, 0.5) is 28.2 Å². The van der Waals surface area contributed by atoms with E-state index < -0.39 is 28.9 Å². The molecule has 2 aromatic heterocycles. The molecule has 5 rings (SSSR count). The van der Waals surface area contributed by atoms with Gasteiger partial charge in [-0.1, -0.05) is 6.07 Å². The molecule has 0 radical (unpaired) electrons. The van der Waals surface area contributed by atoms with Crippen molar-refractivity contribution in [2.45, 2.75) is 45.3 Å². The third-order valence-electron chi connectivity index (χ3n) is 6.65. The van der Waals surface area contributed by atoms with Crippen molar-refractivity contribution in [2.75, 3.05) is 18.4 Å². The minimum absolute atomic E-state index is 0.0414. The van der Waals surface area contributed by atoms with Gasteiger partial charge >= 0.3 is 6.09 Å². The number of fused-ring (bicyclic) bond motifs is 1. The lowest BCUT2D eigenvalue weighted by Gasteiger charge is -2.34. The van der Waals surface area contributed by atoms with E-state index >= 15 is 0 Å². The van der Waals surface area contributed by atoms with Crippen molar-refractivity contribution >= 4 is 22.8 Å². The number of ether oxygens (including phenoxy) is 1. The van der Waals surface area contributed by atoms with Gasteiger partial charge in [-0.2, -0.15) is 0 Å². The number of halogens is 4. The van der Waals surface area contributed by atoms with E-state index in [9.17, 15) is 22.4 Å². The van der Waals surface area contributed by atoms with Crippen molar-refractivity contribution in [3.8, 4) is 22.4 Å². The van der Waals surface area contributed by atoms with Gasteiger partial charge in [0.05, 0.1) is 11.1 Å². The summed E-state index contributed by atoms with van der Waals surface area (Å²) in [7, 11) is 0. The summed E-state index contributed by atoms with van der Waals surface area (Å²) in [5.74, 6) is -2.83. The lowest BCUT2D eigenvalue weighted by molar-refractivity contribution is 0.0210. The maximum atomic E-state index is 15.0. The van der Waals surface area contributed by atoms with Crippen LogP contribution in [-0.4, -0.2) is 45.7 Å². The molecule has 1 aliphatic heterocycles. The predicted molar refractivity (Wildman–Crippen MR) is 145 cm³/mol. The largest absolute Gasteiger partial charge is 0.444 e. The van der Waals surface area contributed by atoms with E-state index in [-0.39, 0.29) is 34.5 Å². The number of nitrogens with zero attached hydrogens (tertiary/aromatic N) is 3. The van der Waals surface area contributed by atoms with Gasteiger partial charge in [-0.05, 0) is 75.6 Å². The highest BCUT2D eigenvalue weighted by atomic mass is 19.1. The van der Waals surface area contributed by atoms with Gasteiger partial charge in [0.2, 0.25) is 0 Å². The van der Waals surface area contributed by atoms with Crippen LogP contribution in [0.1, 0.15) is 33.6 Å². The zero-order chi connectivity index (χ0) is 28.6. The average molecular weight is 553 g/mol. The molecule has 6 nitrogen and oxygen atoms in total. The van der Waals surface area contributed by atoms with Crippen LogP contribution in [0.3, 0.4) is 0 Å². The number of piperidine rings is 1. The molecule has 0 spiro atoms. The first-order valence-corrected chi connectivity index (χ1v) is 12.9. The van der Waals surface area contributed by atoms with Gasteiger partial charge in [0.1, 0.15) is 40.4 Å². The Morgan fingerprint density at radius 3 is 2.30 bits per heavy atom. The molecule has 1 saturated heterocycles. The summed E-state index contributed by atoms with van der Waals surface area (Å²) in [6.07, 6.45) is 2.16. The van der Waals surface area contributed by atoms with Crippen LogP contribution >= 0.6 is 0 Å². The van der Waals surface area contributed by atoms with E-state index in [2.05, 4.69) is 15.3 Å². The Morgan fingerprint density at radius 1 is 0.950 bits per heavy atom. The van der Waals surface area contributed by atoms with Crippen molar-refractivity contribution in [1.82, 2.24) is 14.9 Å². The topological polar surface area (TPSA) is 67.3 Å². The SMILES string of the molecule is CC(C)(C)OC(=O)N1CCC(Nc2cc(-c3ccc(F)cc3F)c3ccnc(-c4c(F)cccc4F)c3n2)CC1. The number of rotatable bonds is 4. The van der Waals surface area contributed by atoms with Gasteiger partial charge in [-0.3, -0.25) is 4.98 Å². The molecule has 4 aromatic rings. The van der Waals surface area contributed by atoms with Crippen molar-refractivity contribution in [3.05, 3.63) is 78.0 Å². The fourth-order valence-corrected chi connectivity index (χ4v) is 4.81. The summed E-state index contributed by atoms with van der Waals surface area (Å²) in [5, 5.41) is 3.72. The smallest absolute Gasteiger partial charge is 0.410 e. The standard InChI is InChI=1S/C30H28F4N4O2/c1-30(2,3)40-29(39)38-13-10-18(11-14-38)36-25-16-21(19-8-7-17(31)15-24(19)34)20-9-12-35-28(27(20)37-25)26-22(32)5-4-6-23(26)33/h4-9,12,15-16,18H,10-11,13-14H2,1-3H3,(H,36,37). The molecule has 0 bridgehead atoms. The Hall–Kier alpha value is -4.21. The summed E-state index contributed by atoms with van der Waals surface area (Å²) in [6, 6.07) is 9.84. The van der Waals surface area contributed by atoms with Crippen molar-refractivity contribution in [2.24, 2.45) is 0 Å². The van der Waals surface area contributed by atoms with E-state index in [0.717, 1.165) is 24.3 Å². The Labute approximate surface area is 229 Å². The van der Waals surface area contributed by atoms with E-state index in [0.29, 0.717) is 42.7 Å².